The van der Waals surface area contributed by atoms with E-state index in [-0.39, 0.29) is 0 Å². The van der Waals surface area contributed by atoms with Gasteiger partial charge in [-0.2, -0.15) is 0 Å². The highest BCUT2D eigenvalue weighted by Gasteiger charge is 2.07. The predicted octanol–water partition coefficient (Wildman–Crippen LogP) is 1.41. The number of anilines is 1. The molecule has 0 aliphatic heterocycles. The Morgan fingerprint density at radius 2 is 2.31 bits per heavy atom. The van der Waals surface area contributed by atoms with Crippen LogP contribution in [0.5, 0.6) is 0 Å². The molecule has 0 radical (unpaired) electrons. The Hall–Kier alpha value is -1.26. The Morgan fingerprint density at radius 1 is 1.62 bits per heavy atom. The Kier molecular flexibility index (Phi) is 3.11. The fourth-order valence-corrected chi connectivity index (χ4v) is 1.09. The zero-order valence-electron chi connectivity index (χ0n) is 7.00. The van der Waals surface area contributed by atoms with Gasteiger partial charge in [0.05, 0.1) is 18.4 Å². The number of rotatable bonds is 3. The molecule has 0 fully saturated rings. The van der Waals surface area contributed by atoms with Crippen molar-refractivity contribution in [3.63, 3.8) is 0 Å². The maximum Gasteiger partial charge on any atom is 0.250 e. The predicted molar refractivity (Wildman–Crippen MR) is 50.6 cm³/mol. The second kappa shape index (κ2) is 4.11. The number of nitrogens with one attached hydrogen (secondary N) is 1. The Morgan fingerprint density at radius 3 is 2.85 bits per heavy atom. The molecule has 3 N–H and O–H groups in total. The number of nitrogens with two attached hydrogens (primary N) is 1. The first-order valence-corrected chi connectivity index (χ1v) is 3.91. The maximum atomic E-state index is 10.9. The standard InChI is InChI=1S/C8H9ClN2O2/c1-13-11-7-3-2-5(9)4-6(7)8(10)12/h2-4,11H,1H3,(H2,10,12). The average molecular weight is 201 g/mol. The molecule has 1 amide bonds. The molecule has 0 saturated carbocycles. The van der Waals surface area contributed by atoms with E-state index in [1.807, 2.05) is 0 Å². The van der Waals surface area contributed by atoms with Gasteiger partial charge in [0.2, 0.25) is 0 Å². The van der Waals surface area contributed by atoms with Crippen molar-refractivity contribution < 1.29 is 9.63 Å². The quantitative estimate of drug-likeness (QED) is 0.726. The zero-order chi connectivity index (χ0) is 9.84. The molecule has 0 spiro atoms. The summed E-state index contributed by atoms with van der Waals surface area (Å²) in [5.74, 6) is -0.554. The third kappa shape index (κ3) is 2.34. The van der Waals surface area contributed by atoms with E-state index in [0.29, 0.717) is 16.3 Å². The molecule has 1 rings (SSSR count). The SMILES string of the molecule is CONc1ccc(Cl)cc1C(N)=O. The lowest BCUT2D eigenvalue weighted by Gasteiger charge is -2.07. The summed E-state index contributed by atoms with van der Waals surface area (Å²) in [5.41, 5.74) is 8.45. The lowest BCUT2D eigenvalue weighted by Crippen LogP contribution is -2.14. The number of primary amides is 1. The molecule has 70 valence electrons. The smallest absolute Gasteiger partial charge is 0.250 e. The summed E-state index contributed by atoms with van der Waals surface area (Å²) in [7, 11) is 1.44. The second-order valence-corrected chi connectivity index (χ2v) is 2.80. The first-order chi connectivity index (χ1) is 6.15. The molecule has 0 aliphatic carbocycles. The summed E-state index contributed by atoms with van der Waals surface area (Å²) in [6.07, 6.45) is 0. The molecular formula is C8H9ClN2O2. The van der Waals surface area contributed by atoms with Gasteiger partial charge in [0, 0.05) is 5.02 Å². The van der Waals surface area contributed by atoms with Crippen LogP contribution in [0.25, 0.3) is 0 Å². The van der Waals surface area contributed by atoms with Gasteiger partial charge in [-0.1, -0.05) is 11.6 Å². The van der Waals surface area contributed by atoms with E-state index in [1.54, 1.807) is 12.1 Å². The lowest BCUT2D eigenvalue weighted by molar-refractivity contribution is 0.1000. The van der Waals surface area contributed by atoms with Crippen LogP contribution in [0.2, 0.25) is 5.02 Å². The van der Waals surface area contributed by atoms with Crippen molar-refractivity contribution in [2.75, 3.05) is 12.6 Å². The van der Waals surface area contributed by atoms with E-state index in [0.717, 1.165) is 0 Å². The van der Waals surface area contributed by atoms with Crippen molar-refractivity contribution in [2.45, 2.75) is 0 Å². The van der Waals surface area contributed by atoms with Crippen molar-refractivity contribution in [3.8, 4) is 0 Å². The van der Waals surface area contributed by atoms with E-state index in [9.17, 15) is 4.79 Å². The van der Waals surface area contributed by atoms with Crippen molar-refractivity contribution in [1.29, 1.82) is 0 Å². The highest BCUT2D eigenvalue weighted by molar-refractivity contribution is 6.31. The van der Waals surface area contributed by atoms with Gasteiger partial charge in [-0.15, -0.1) is 0 Å². The molecule has 0 aromatic heterocycles. The van der Waals surface area contributed by atoms with E-state index < -0.39 is 5.91 Å². The minimum atomic E-state index is -0.554. The van der Waals surface area contributed by atoms with Gasteiger partial charge in [-0.3, -0.25) is 15.1 Å². The van der Waals surface area contributed by atoms with Crippen LogP contribution < -0.4 is 11.2 Å². The highest BCUT2D eigenvalue weighted by Crippen LogP contribution is 2.19. The number of hydrogen-bond donors (Lipinski definition) is 2. The normalized spacial score (nSPS) is 9.69. The fourth-order valence-electron chi connectivity index (χ4n) is 0.919. The average Bonchev–Trinajstić information content (AvgIpc) is 2.08. The van der Waals surface area contributed by atoms with Gasteiger partial charge in [-0.25, -0.2) is 0 Å². The molecule has 5 heteroatoms. The minimum Gasteiger partial charge on any atom is -0.366 e. The molecule has 1 aromatic carbocycles. The van der Waals surface area contributed by atoms with Crippen molar-refractivity contribution in [2.24, 2.45) is 5.73 Å². The van der Waals surface area contributed by atoms with Gasteiger partial charge >= 0.3 is 0 Å². The Bertz CT molecular complexity index is 328. The van der Waals surface area contributed by atoms with Crippen molar-refractivity contribution >= 4 is 23.2 Å². The van der Waals surface area contributed by atoms with Gasteiger partial charge in [0.25, 0.3) is 5.91 Å². The summed E-state index contributed by atoms with van der Waals surface area (Å²) in [6.45, 7) is 0. The summed E-state index contributed by atoms with van der Waals surface area (Å²) < 4.78 is 0. The summed E-state index contributed by atoms with van der Waals surface area (Å²) in [6, 6.07) is 4.73. The summed E-state index contributed by atoms with van der Waals surface area (Å²) in [5, 5.41) is 0.454. The molecule has 0 saturated heterocycles. The minimum absolute atomic E-state index is 0.300. The van der Waals surface area contributed by atoms with Crippen LogP contribution in [0.1, 0.15) is 10.4 Å². The highest BCUT2D eigenvalue weighted by atomic mass is 35.5. The Balaban J connectivity index is 3.10. The fraction of sp³-hybridized carbons (Fsp3) is 0.125. The van der Waals surface area contributed by atoms with Crippen LogP contribution in [0.4, 0.5) is 5.69 Å². The Labute approximate surface area is 80.6 Å². The van der Waals surface area contributed by atoms with Crippen LogP contribution in [-0.4, -0.2) is 13.0 Å². The monoisotopic (exact) mass is 200 g/mol. The molecule has 0 unspecified atom stereocenters. The topological polar surface area (TPSA) is 64.3 Å². The molecule has 0 aliphatic rings. The zero-order valence-corrected chi connectivity index (χ0v) is 7.76. The molecule has 13 heavy (non-hydrogen) atoms. The van der Waals surface area contributed by atoms with E-state index in [1.165, 1.54) is 13.2 Å². The van der Waals surface area contributed by atoms with Crippen LogP contribution in [0.15, 0.2) is 18.2 Å². The van der Waals surface area contributed by atoms with E-state index in [4.69, 9.17) is 17.3 Å². The maximum absolute atomic E-state index is 10.9. The number of halogens is 1. The van der Waals surface area contributed by atoms with E-state index in [2.05, 4.69) is 10.3 Å². The van der Waals surface area contributed by atoms with Crippen LogP contribution >= 0.6 is 11.6 Å². The number of amides is 1. The lowest BCUT2D eigenvalue weighted by atomic mass is 10.2. The molecule has 4 nitrogen and oxygen atoms in total. The van der Waals surface area contributed by atoms with Crippen LogP contribution in [-0.2, 0) is 4.84 Å². The van der Waals surface area contributed by atoms with Gasteiger partial charge in [0.15, 0.2) is 0 Å². The van der Waals surface area contributed by atoms with Gasteiger partial charge in [-0.05, 0) is 18.2 Å². The first-order valence-electron chi connectivity index (χ1n) is 3.53. The molecule has 0 heterocycles. The summed E-state index contributed by atoms with van der Waals surface area (Å²) >= 11 is 5.68. The van der Waals surface area contributed by atoms with Crippen molar-refractivity contribution in [3.05, 3.63) is 28.8 Å². The second-order valence-electron chi connectivity index (χ2n) is 2.36. The molecule has 0 atom stereocenters. The van der Waals surface area contributed by atoms with Gasteiger partial charge in [0.1, 0.15) is 0 Å². The number of carbonyl (C=O) groups excluding carboxylic acids is 1. The third-order valence-electron chi connectivity index (χ3n) is 1.46. The van der Waals surface area contributed by atoms with Crippen molar-refractivity contribution in [1.82, 2.24) is 0 Å². The number of hydrogen-bond acceptors (Lipinski definition) is 3. The molecule has 1 aromatic rings. The largest absolute Gasteiger partial charge is 0.366 e. The van der Waals surface area contributed by atoms with E-state index >= 15 is 0 Å². The molecule has 0 bridgehead atoms. The first kappa shape index (κ1) is 9.83. The van der Waals surface area contributed by atoms with Crippen LogP contribution in [0.3, 0.4) is 0 Å². The molecular weight excluding hydrogens is 192 g/mol. The van der Waals surface area contributed by atoms with Crippen LogP contribution in [0, 0.1) is 0 Å². The van der Waals surface area contributed by atoms with Gasteiger partial charge < -0.3 is 5.73 Å². The third-order valence-corrected chi connectivity index (χ3v) is 1.69. The number of carbonyl (C=O) groups is 1. The number of benzene rings is 1. The summed E-state index contributed by atoms with van der Waals surface area (Å²) in [4.78, 5) is 15.6.